The fraction of sp³-hybridized carbons (Fsp3) is 0.364. The number of rotatable bonds is 4. The van der Waals surface area contributed by atoms with Gasteiger partial charge in [-0.15, -0.1) is 0 Å². The largest absolute Gasteiger partial charge is 0.372 e. The van der Waals surface area contributed by atoms with Crippen LogP contribution >= 0.6 is 0 Å². The summed E-state index contributed by atoms with van der Waals surface area (Å²) in [6.45, 7) is 4.08. The molecular formula is C11H14FNO2. The van der Waals surface area contributed by atoms with Crippen LogP contribution < -0.4 is 5.32 Å². The molecule has 0 unspecified atom stereocenters. The van der Waals surface area contributed by atoms with Crippen molar-refractivity contribution < 1.29 is 13.9 Å². The third kappa shape index (κ3) is 3.67. The van der Waals surface area contributed by atoms with Crippen LogP contribution in [-0.2, 0) is 9.53 Å². The molecule has 1 aromatic rings. The summed E-state index contributed by atoms with van der Waals surface area (Å²) in [6, 6.07) is 4.26. The van der Waals surface area contributed by atoms with Gasteiger partial charge in [0, 0.05) is 12.3 Å². The lowest BCUT2D eigenvalue weighted by atomic mass is 10.2. The number of halogens is 1. The van der Waals surface area contributed by atoms with Crippen LogP contribution in [0, 0.1) is 12.7 Å². The molecule has 0 aliphatic carbocycles. The number of carbonyl (C=O) groups excluding carboxylic acids is 1. The normalized spacial score (nSPS) is 10.1. The van der Waals surface area contributed by atoms with Gasteiger partial charge in [-0.05, 0) is 31.5 Å². The van der Waals surface area contributed by atoms with E-state index in [0.29, 0.717) is 12.3 Å². The topological polar surface area (TPSA) is 38.3 Å². The van der Waals surface area contributed by atoms with Gasteiger partial charge in [0.25, 0.3) is 0 Å². The molecule has 0 fully saturated rings. The van der Waals surface area contributed by atoms with Gasteiger partial charge in [0.15, 0.2) is 0 Å². The number of hydrogen-bond donors (Lipinski definition) is 1. The summed E-state index contributed by atoms with van der Waals surface area (Å²) in [5, 5.41) is 2.58. The zero-order valence-electron chi connectivity index (χ0n) is 8.84. The van der Waals surface area contributed by atoms with Gasteiger partial charge in [-0.25, -0.2) is 4.39 Å². The molecule has 0 bridgehead atoms. The molecule has 0 radical (unpaired) electrons. The van der Waals surface area contributed by atoms with Crippen LogP contribution in [0.2, 0.25) is 0 Å². The van der Waals surface area contributed by atoms with Gasteiger partial charge in [-0.3, -0.25) is 4.79 Å². The van der Waals surface area contributed by atoms with Crippen molar-refractivity contribution in [2.75, 3.05) is 18.5 Å². The molecule has 0 aromatic heterocycles. The highest BCUT2D eigenvalue weighted by Crippen LogP contribution is 2.15. The molecular weight excluding hydrogens is 197 g/mol. The standard InChI is InChI=1S/C11H14FNO2/c1-3-15-7-11(14)13-10-6-9(12)5-4-8(10)2/h4-6H,3,7H2,1-2H3,(H,13,14). The Morgan fingerprint density at radius 3 is 2.93 bits per heavy atom. The molecule has 1 aromatic carbocycles. The molecule has 0 saturated carbocycles. The average Bonchev–Trinajstić information content (AvgIpc) is 2.20. The van der Waals surface area contributed by atoms with Crippen LogP contribution in [0.5, 0.6) is 0 Å². The number of ether oxygens (including phenoxy) is 1. The second-order valence-corrected chi connectivity index (χ2v) is 3.14. The third-order valence-electron chi connectivity index (χ3n) is 1.91. The molecule has 1 N–H and O–H groups in total. The average molecular weight is 211 g/mol. The van der Waals surface area contributed by atoms with Gasteiger partial charge in [-0.2, -0.15) is 0 Å². The lowest BCUT2D eigenvalue weighted by Crippen LogP contribution is -2.18. The maximum Gasteiger partial charge on any atom is 0.250 e. The van der Waals surface area contributed by atoms with Gasteiger partial charge in [-0.1, -0.05) is 6.07 Å². The number of anilines is 1. The van der Waals surface area contributed by atoms with Crippen LogP contribution in [0.4, 0.5) is 10.1 Å². The van der Waals surface area contributed by atoms with Gasteiger partial charge in [0.2, 0.25) is 5.91 Å². The van der Waals surface area contributed by atoms with Crippen molar-refractivity contribution in [3.05, 3.63) is 29.6 Å². The summed E-state index contributed by atoms with van der Waals surface area (Å²) < 4.78 is 17.8. The first-order chi connectivity index (χ1) is 7.13. The molecule has 3 nitrogen and oxygen atoms in total. The summed E-state index contributed by atoms with van der Waals surface area (Å²) >= 11 is 0. The van der Waals surface area contributed by atoms with E-state index in [1.165, 1.54) is 12.1 Å². The van der Waals surface area contributed by atoms with E-state index >= 15 is 0 Å². The molecule has 0 saturated heterocycles. The smallest absolute Gasteiger partial charge is 0.250 e. The van der Waals surface area contributed by atoms with Crippen molar-refractivity contribution >= 4 is 11.6 Å². The number of benzene rings is 1. The van der Waals surface area contributed by atoms with Crippen molar-refractivity contribution in [3.8, 4) is 0 Å². The summed E-state index contributed by atoms with van der Waals surface area (Å²) in [4.78, 5) is 11.3. The zero-order chi connectivity index (χ0) is 11.3. The van der Waals surface area contributed by atoms with E-state index in [2.05, 4.69) is 5.32 Å². The zero-order valence-corrected chi connectivity index (χ0v) is 8.84. The molecule has 4 heteroatoms. The Bertz CT molecular complexity index is 352. The molecule has 0 spiro atoms. The van der Waals surface area contributed by atoms with Crippen LogP contribution in [0.1, 0.15) is 12.5 Å². The minimum Gasteiger partial charge on any atom is -0.372 e. The highest BCUT2D eigenvalue weighted by atomic mass is 19.1. The molecule has 0 aliphatic rings. The van der Waals surface area contributed by atoms with Crippen LogP contribution in [-0.4, -0.2) is 19.1 Å². The van der Waals surface area contributed by atoms with E-state index in [9.17, 15) is 9.18 Å². The van der Waals surface area contributed by atoms with E-state index in [-0.39, 0.29) is 18.3 Å². The number of nitrogens with one attached hydrogen (secondary N) is 1. The molecule has 0 atom stereocenters. The van der Waals surface area contributed by atoms with Crippen molar-refractivity contribution in [2.24, 2.45) is 0 Å². The number of hydrogen-bond acceptors (Lipinski definition) is 2. The van der Waals surface area contributed by atoms with Crippen LogP contribution in [0.15, 0.2) is 18.2 Å². The maximum absolute atomic E-state index is 12.9. The van der Waals surface area contributed by atoms with Gasteiger partial charge in [0.05, 0.1) is 0 Å². The van der Waals surface area contributed by atoms with Crippen LogP contribution in [0.3, 0.4) is 0 Å². The Hall–Kier alpha value is -1.42. The Morgan fingerprint density at radius 1 is 1.53 bits per heavy atom. The number of amides is 1. The second kappa shape index (κ2) is 5.46. The van der Waals surface area contributed by atoms with Crippen molar-refractivity contribution in [1.29, 1.82) is 0 Å². The fourth-order valence-corrected chi connectivity index (χ4v) is 1.11. The van der Waals surface area contributed by atoms with E-state index in [4.69, 9.17) is 4.74 Å². The Kier molecular flexibility index (Phi) is 4.24. The van der Waals surface area contributed by atoms with Gasteiger partial charge < -0.3 is 10.1 Å². The maximum atomic E-state index is 12.9. The van der Waals surface area contributed by atoms with Crippen molar-refractivity contribution in [2.45, 2.75) is 13.8 Å². The lowest BCUT2D eigenvalue weighted by molar-refractivity contribution is -0.120. The summed E-state index contributed by atoms with van der Waals surface area (Å²) in [5.41, 5.74) is 1.31. The quantitative estimate of drug-likeness (QED) is 0.828. The predicted molar refractivity (Wildman–Crippen MR) is 56.3 cm³/mol. The molecule has 0 aliphatic heterocycles. The summed E-state index contributed by atoms with van der Waals surface area (Å²) in [6.07, 6.45) is 0. The molecule has 15 heavy (non-hydrogen) atoms. The minimum atomic E-state index is -0.368. The van der Waals surface area contributed by atoms with Gasteiger partial charge >= 0.3 is 0 Å². The predicted octanol–water partition coefficient (Wildman–Crippen LogP) is 2.11. The monoisotopic (exact) mass is 211 g/mol. The molecule has 1 amide bonds. The van der Waals surface area contributed by atoms with Crippen LogP contribution in [0.25, 0.3) is 0 Å². The highest BCUT2D eigenvalue weighted by molar-refractivity contribution is 5.92. The lowest BCUT2D eigenvalue weighted by Gasteiger charge is -2.08. The molecule has 82 valence electrons. The first-order valence-electron chi connectivity index (χ1n) is 4.77. The Labute approximate surface area is 88.2 Å². The number of aryl methyl sites for hydroxylation is 1. The van der Waals surface area contributed by atoms with E-state index in [0.717, 1.165) is 5.56 Å². The third-order valence-corrected chi connectivity index (χ3v) is 1.91. The van der Waals surface area contributed by atoms with Crippen molar-refractivity contribution in [1.82, 2.24) is 0 Å². The highest BCUT2D eigenvalue weighted by Gasteiger charge is 2.05. The summed E-state index contributed by atoms with van der Waals surface area (Å²) in [7, 11) is 0. The number of carbonyl (C=O) groups is 1. The molecule has 1 rings (SSSR count). The first-order valence-corrected chi connectivity index (χ1v) is 4.77. The van der Waals surface area contributed by atoms with Gasteiger partial charge in [0.1, 0.15) is 12.4 Å². The van der Waals surface area contributed by atoms with E-state index < -0.39 is 0 Å². The molecule has 0 heterocycles. The minimum absolute atomic E-state index is 0.00749. The fourth-order valence-electron chi connectivity index (χ4n) is 1.11. The first kappa shape index (κ1) is 11.7. The Balaban J connectivity index is 2.63. The Morgan fingerprint density at radius 2 is 2.27 bits per heavy atom. The SMILES string of the molecule is CCOCC(=O)Nc1cc(F)ccc1C. The van der Waals surface area contributed by atoms with E-state index in [1.807, 2.05) is 0 Å². The van der Waals surface area contributed by atoms with E-state index in [1.54, 1.807) is 19.9 Å². The second-order valence-electron chi connectivity index (χ2n) is 3.14. The summed E-state index contributed by atoms with van der Waals surface area (Å²) in [5.74, 6) is -0.641. The van der Waals surface area contributed by atoms with Crippen molar-refractivity contribution in [3.63, 3.8) is 0 Å².